The molecular weight excluding hydrogens is 242 g/mol. The maximum Gasteiger partial charge on any atom is 0.253 e. The number of Topliss-reactive ketones (excluding diaryl/α,β-unsaturated/α-hetero) is 1. The molecule has 0 bridgehead atoms. The molecule has 1 aromatic heterocycles. The number of hydrogen-bond acceptors (Lipinski definition) is 4. The van der Waals surface area contributed by atoms with Gasteiger partial charge in [-0.3, -0.25) is 14.6 Å². The second-order valence-electron chi connectivity index (χ2n) is 4.81. The Hall–Kier alpha value is -1.75. The molecule has 19 heavy (non-hydrogen) atoms. The monoisotopic (exact) mass is 263 g/mol. The number of ketones is 1. The van der Waals surface area contributed by atoms with Crippen LogP contribution in [0.1, 0.15) is 41.1 Å². The zero-order valence-corrected chi connectivity index (χ0v) is 11.9. The average Bonchev–Trinajstić information content (AvgIpc) is 2.36. The third-order valence-corrected chi connectivity index (χ3v) is 2.65. The number of carbonyl (C=O) groups is 2. The van der Waals surface area contributed by atoms with E-state index in [0.29, 0.717) is 12.0 Å². The summed E-state index contributed by atoms with van der Waals surface area (Å²) in [5.41, 5.74) is 0.597. The van der Waals surface area contributed by atoms with E-state index in [1.807, 2.05) is 25.9 Å². The van der Waals surface area contributed by atoms with Crippen LogP contribution in [0.2, 0.25) is 0 Å². The molecular formula is C14H21N3O2. The lowest BCUT2D eigenvalue weighted by Crippen LogP contribution is -2.40. The zero-order valence-electron chi connectivity index (χ0n) is 11.9. The van der Waals surface area contributed by atoms with E-state index in [9.17, 15) is 9.59 Å². The molecule has 0 aliphatic heterocycles. The first-order chi connectivity index (χ1) is 8.95. The Balaban J connectivity index is 2.85. The van der Waals surface area contributed by atoms with Crippen molar-refractivity contribution in [1.82, 2.24) is 15.2 Å². The average molecular weight is 263 g/mol. The van der Waals surface area contributed by atoms with Gasteiger partial charge in [-0.25, -0.2) is 0 Å². The fraction of sp³-hybridized carbons (Fsp3) is 0.500. The van der Waals surface area contributed by atoms with Crippen LogP contribution in [0.15, 0.2) is 18.3 Å². The third-order valence-electron chi connectivity index (χ3n) is 2.65. The third kappa shape index (κ3) is 4.44. The van der Waals surface area contributed by atoms with Crippen molar-refractivity contribution in [2.24, 2.45) is 0 Å². The Bertz CT molecular complexity index is 458. The van der Waals surface area contributed by atoms with Gasteiger partial charge in [0.15, 0.2) is 5.78 Å². The van der Waals surface area contributed by atoms with Gasteiger partial charge in [0.2, 0.25) is 0 Å². The Labute approximate surface area is 114 Å². The molecule has 0 saturated heterocycles. The highest BCUT2D eigenvalue weighted by atomic mass is 16.2. The zero-order chi connectivity index (χ0) is 14.4. The lowest BCUT2D eigenvalue weighted by molar-refractivity contribution is 0.0915. The van der Waals surface area contributed by atoms with Gasteiger partial charge >= 0.3 is 0 Å². The number of nitrogens with zero attached hydrogens (tertiary/aromatic N) is 2. The lowest BCUT2D eigenvalue weighted by Gasteiger charge is -2.18. The predicted octanol–water partition coefficient (Wildman–Crippen LogP) is 1.35. The molecule has 1 rings (SSSR count). The predicted molar refractivity (Wildman–Crippen MR) is 74.3 cm³/mol. The molecule has 1 amide bonds. The SMILES string of the molecule is CCC(=O)c1ncccc1C(=O)NC(C)CN(C)C. The van der Waals surface area contributed by atoms with Crippen LogP contribution in [0.25, 0.3) is 0 Å². The summed E-state index contributed by atoms with van der Waals surface area (Å²) in [6.45, 7) is 4.42. The van der Waals surface area contributed by atoms with Gasteiger partial charge in [0.25, 0.3) is 5.91 Å². The van der Waals surface area contributed by atoms with Gasteiger partial charge in [-0.05, 0) is 33.2 Å². The lowest BCUT2D eigenvalue weighted by atomic mass is 10.1. The van der Waals surface area contributed by atoms with Crippen LogP contribution in [0, 0.1) is 0 Å². The van der Waals surface area contributed by atoms with Crippen LogP contribution >= 0.6 is 0 Å². The largest absolute Gasteiger partial charge is 0.348 e. The van der Waals surface area contributed by atoms with E-state index in [-0.39, 0.29) is 23.4 Å². The van der Waals surface area contributed by atoms with Gasteiger partial charge < -0.3 is 10.2 Å². The van der Waals surface area contributed by atoms with Gasteiger partial charge in [-0.1, -0.05) is 6.92 Å². The normalized spacial score (nSPS) is 12.3. The van der Waals surface area contributed by atoms with Crippen molar-refractivity contribution < 1.29 is 9.59 Å². The highest BCUT2D eigenvalue weighted by Gasteiger charge is 2.18. The first kappa shape index (κ1) is 15.3. The van der Waals surface area contributed by atoms with Crippen LogP contribution in [0.4, 0.5) is 0 Å². The maximum absolute atomic E-state index is 12.2. The van der Waals surface area contributed by atoms with Crippen LogP contribution in [-0.4, -0.2) is 48.3 Å². The van der Waals surface area contributed by atoms with Crippen molar-refractivity contribution in [3.05, 3.63) is 29.6 Å². The van der Waals surface area contributed by atoms with Crippen LogP contribution in [0.5, 0.6) is 0 Å². The highest BCUT2D eigenvalue weighted by Crippen LogP contribution is 2.08. The Kier molecular flexibility index (Phi) is 5.63. The molecule has 5 nitrogen and oxygen atoms in total. The van der Waals surface area contributed by atoms with Crippen molar-refractivity contribution >= 4 is 11.7 Å². The minimum absolute atomic E-state index is 0.00675. The number of carbonyl (C=O) groups excluding carboxylic acids is 2. The summed E-state index contributed by atoms with van der Waals surface area (Å²) < 4.78 is 0. The van der Waals surface area contributed by atoms with E-state index in [4.69, 9.17) is 0 Å². The molecule has 0 fully saturated rings. The van der Waals surface area contributed by atoms with E-state index in [2.05, 4.69) is 10.3 Å². The number of likely N-dealkylation sites (N-methyl/N-ethyl adjacent to an activating group) is 1. The topological polar surface area (TPSA) is 62.3 Å². The number of amides is 1. The smallest absolute Gasteiger partial charge is 0.253 e. The van der Waals surface area contributed by atoms with E-state index >= 15 is 0 Å². The summed E-state index contributed by atoms with van der Waals surface area (Å²) in [6, 6.07) is 3.30. The molecule has 0 aromatic carbocycles. The second-order valence-corrected chi connectivity index (χ2v) is 4.81. The number of pyridine rings is 1. The van der Waals surface area contributed by atoms with Gasteiger partial charge in [0, 0.05) is 25.2 Å². The Morgan fingerprint density at radius 2 is 2.11 bits per heavy atom. The first-order valence-corrected chi connectivity index (χ1v) is 6.39. The molecule has 0 spiro atoms. The van der Waals surface area contributed by atoms with Crippen molar-refractivity contribution in [3.8, 4) is 0 Å². The molecule has 0 saturated carbocycles. The fourth-order valence-corrected chi connectivity index (χ4v) is 1.87. The second kappa shape index (κ2) is 6.99. The van der Waals surface area contributed by atoms with E-state index in [1.165, 1.54) is 6.20 Å². The molecule has 1 heterocycles. The molecule has 0 aliphatic rings. The first-order valence-electron chi connectivity index (χ1n) is 6.39. The summed E-state index contributed by atoms with van der Waals surface area (Å²) in [5.74, 6) is -0.370. The van der Waals surface area contributed by atoms with E-state index in [1.54, 1.807) is 19.1 Å². The molecule has 0 aliphatic carbocycles. The number of aromatic nitrogens is 1. The molecule has 1 atom stereocenters. The van der Waals surface area contributed by atoms with E-state index in [0.717, 1.165) is 6.54 Å². The number of hydrogen-bond donors (Lipinski definition) is 1. The van der Waals surface area contributed by atoms with Crippen LogP contribution in [-0.2, 0) is 0 Å². The summed E-state index contributed by atoms with van der Waals surface area (Å²) in [6.07, 6.45) is 1.87. The van der Waals surface area contributed by atoms with Crippen molar-refractivity contribution in [2.75, 3.05) is 20.6 Å². The van der Waals surface area contributed by atoms with Crippen molar-refractivity contribution in [3.63, 3.8) is 0 Å². The minimum atomic E-state index is -0.251. The molecule has 5 heteroatoms. The number of nitrogens with one attached hydrogen (secondary N) is 1. The highest BCUT2D eigenvalue weighted by molar-refractivity contribution is 6.06. The van der Waals surface area contributed by atoms with Crippen molar-refractivity contribution in [2.45, 2.75) is 26.3 Å². The maximum atomic E-state index is 12.2. The van der Waals surface area contributed by atoms with Crippen LogP contribution in [0.3, 0.4) is 0 Å². The summed E-state index contributed by atoms with van der Waals surface area (Å²) in [5, 5.41) is 2.87. The van der Waals surface area contributed by atoms with Crippen molar-refractivity contribution in [1.29, 1.82) is 0 Å². The molecule has 1 unspecified atom stereocenters. The summed E-state index contributed by atoms with van der Waals surface area (Å²) in [7, 11) is 3.89. The van der Waals surface area contributed by atoms with Gasteiger partial charge in [0.1, 0.15) is 5.69 Å². The fourth-order valence-electron chi connectivity index (χ4n) is 1.87. The van der Waals surface area contributed by atoms with Gasteiger partial charge in [-0.15, -0.1) is 0 Å². The minimum Gasteiger partial charge on any atom is -0.348 e. The molecule has 104 valence electrons. The number of rotatable bonds is 6. The molecule has 1 aromatic rings. The quantitative estimate of drug-likeness (QED) is 0.787. The summed E-state index contributed by atoms with van der Waals surface area (Å²) in [4.78, 5) is 29.9. The Morgan fingerprint density at radius 3 is 2.68 bits per heavy atom. The summed E-state index contributed by atoms with van der Waals surface area (Å²) >= 11 is 0. The van der Waals surface area contributed by atoms with Gasteiger partial charge in [-0.2, -0.15) is 0 Å². The Morgan fingerprint density at radius 1 is 1.42 bits per heavy atom. The molecule has 0 radical (unpaired) electrons. The van der Waals surface area contributed by atoms with Gasteiger partial charge in [0.05, 0.1) is 5.56 Å². The van der Waals surface area contributed by atoms with Crippen LogP contribution < -0.4 is 5.32 Å². The van der Waals surface area contributed by atoms with E-state index < -0.39 is 0 Å². The standard InChI is InChI=1S/C14H21N3O2/c1-5-12(18)13-11(7-6-8-15-13)14(19)16-10(2)9-17(3)4/h6-8,10H,5,9H2,1-4H3,(H,16,19). The molecule has 1 N–H and O–H groups in total.